The van der Waals surface area contributed by atoms with Crippen LogP contribution in [-0.4, -0.2) is 41.0 Å². The maximum absolute atomic E-state index is 12.6. The number of ether oxygens (including phenoxy) is 2. The van der Waals surface area contributed by atoms with Crippen molar-refractivity contribution < 1.29 is 26.3 Å². The van der Waals surface area contributed by atoms with Gasteiger partial charge in [-0.1, -0.05) is 0 Å². The number of rotatable bonds is 8. The molecule has 0 unspecified atom stereocenters. The second kappa shape index (κ2) is 8.75. The van der Waals surface area contributed by atoms with Crippen LogP contribution in [0.5, 0.6) is 11.9 Å². The van der Waals surface area contributed by atoms with Gasteiger partial charge in [0.15, 0.2) is 5.82 Å². The molecule has 0 aliphatic carbocycles. The normalized spacial score (nSPS) is 11.7. The number of hydrogen-bond donors (Lipinski definition) is 2. The molecule has 2 N–H and O–H groups in total. The first-order chi connectivity index (χ1) is 14.1. The summed E-state index contributed by atoms with van der Waals surface area (Å²) < 4.78 is 65.4. The van der Waals surface area contributed by atoms with E-state index >= 15 is 0 Å². The van der Waals surface area contributed by atoms with Gasteiger partial charge in [-0.25, -0.2) is 16.8 Å². The zero-order chi connectivity index (χ0) is 21.9. The van der Waals surface area contributed by atoms with E-state index < -0.39 is 20.0 Å². The minimum atomic E-state index is -4.01. The molecule has 2 heterocycles. The van der Waals surface area contributed by atoms with Gasteiger partial charge < -0.3 is 9.47 Å². The van der Waals surface area contributed by atoms with E-state index in [0.29, 0.717) is 3.79 Å². The molecule has 0 atom stereocenters. The average molecular weight is 535 g/mol. The number of nitrogens with one attached hydrogen (secondary N) is 2. The molecule has 0 fully saturated rings. The van der Waals surface area contributed by atoms with Crippen LogP contribution in [0.2, 0.25) is 0 Å². The highest BCUT2D eigenvalue weighted by molar-refractivity contribution is 9.11. The standard InChI is InChI=1S/C16H15BrN4O6S3/c1-26-14-9-13(18-16(19-14)27-2)21-29(22,23)11-5-3-10(4-6-11)20-30(24,25)15-8-7-12(17)28-15/h3-9,20H,1-2H3,(H,18,19,21). The van der Waals surface area contributed by atoms with Crippen LogP contribution >= 0.6 is 27.3 Å². The molecule has 3 aromatic rings. The fourth-order valence-electron chi connectivity index (χ4n) is 2.20. The Labute approximate surface area is 185 Å². The molecule has 0 saturated heterocycles. The zero-order valence-electron chi connectivity index (χ0n) is 15.5. The van der Waals surface area contributed by atoms with Gasteiger partial charge in [0.1, 0.15) is 4.21 Å². The van der Waals surface area contributed by atoms with Gasteiger partial charge >= 0.3 is 6.01 Å². The Morgan fingerprint density at radius 2 is 1.60 bits per heavy atom. The van der Waals surface area contributed by atoms with Crippen LogP contribution in [-0.2, 0) is 20.0 Å². The highest BCUT2D eigenvalue weighted by atomic mass is 79.9. The number of hydrogen-bond acceptors (Lipinski definition) is 9. The predicted molar refractivity (Wildman–Crippen MR) is 115 cm³/mol. The average Bonchev–Trinajstić information content (AvgIpc) is 3.15. The van der Waals surface area contributed by atoms with Crippen molar-refractivity contribution in [1.29, 1.82) is 0 Å². The third kappa shape index (κ3) is 5.19. The van der Waals surface area contributed by atoms with E-state index in [1.807, 2.05) is 0 Å². The molecule has 0 aliphatic rings. The van der Waals surface area contributed by atoms with Crippen molar-refractivity contribution in [3.63, 3.8) is 0 Å². The molecule has 30 heavy (non-hydrogen) atoms. The summed E-state index contributed by atoms with van der Waals surface area (Å²) in [6.07, 6.45) is 0. The number of sulfonamides is 2. The summed E-state index contributed by atoms with van der Waals surface area (Å²) in [7, 11) is -5.08. The number of anilines is 2. The number of thiophene rings is 1. The summed E-state index contributed by atoms with van der Waals surface area (Å²) in [6.45, 7) is 0. The van der Waals surface area contributed by atoms with Crippen LogP contribution < -0.4 is 18.9 Å². The second-order valence-corrected chi connectivity index (χ2v) is 11.6. The molecule has 0 spiro atoms. The fraction of sp³-hybridized carbons (Fsp3) is 0.125. The van der Waals surface area contributed by atoms with E-state index in [0.717, 1.165) is 11.3 Å². The number of methoxy groups -OCH3 is 2. The third-order valence-electron chi connectivity index (χ3n) is 3.54. The van der Waals surface area contributed by atoms with Gasteiger partial charge in [0, 0.05) is 11.8 Å². The zero-order valence-corrected chi connectivity index (χ0v) is 19.5. The molecule has 14 heteroatoms. The van der Waals surface area contributed by atoms with Crippen molar-refractivity contribution in [2.75, 3.05) is 23.7 Å². The maximum Gasteiger partial charge on any atom is 0.321 e. The highest BCUT2D eigenvalue weighted by Gasteiger charge is 2.19. The van der Waals surface area contributed by atoms with Gasteiger partial charge in [-0.05, 0) is 52.3 Å². The van der Waals surface area contributed by atoms with Crippen LogP contribution in [0, 0.1) is 0 Å². The summed E-state index contributed by atoms with van der Waals surface area (Å²) in [5.41, 5.74) is 0.212. The Hall–Kier alpha value is -2.42. The Morgan fingerprint density at radius 1 is 0.900 bits per heavy atom. The van der Waals surface area contributed by atoms with Crippen LogP contribution in [0.1, 0.15) is 0 Å². The van der Waals surface area contributed by atoms with Crippen molar-refractivity contribution in [3.05, 3.63) is 46.3 Å². The molecule has 0 aliphatic heterocycles. The van der Waals surface area contributed by atoms with E-state index in [2.05, 4.69) is 35.3 Å². The summed E-state index contributed by atoms with van der Waals surface area (Å²) in [4.78, 5) is 7.71. The molecule has 0 radical (unpaired) electrons. The number of halogens is 1. The van der Waals surface area contributed by atoms with Crippen LogP contribution in [0.4, 0.5) is 11.5 Å². The second-order valence-electron chi connectivity index (χ2n) is 5.58. The first-order valence-electron chi connectivity index (χ1n) is 8.01. The first-order valence-corrected chi connectivity index (χ1v) is 12.6. The Morgan fingerprint density at radius 3 is 2.17 bits per heavy atom. The fourth-order valence-corrected chi connectivity index (χ4v) is 6.26. The number of nitrogens with zero attached hydrogens (tertiary/aromatic N) is 2. The van der Waals surface area contributed by atoms with E-state index in [4.69, 9.17) is 9.47 Å². The highest BCUT2D eigenvalue weighted by Crippen LogP contribution is 2.28. The van der Waals surface area contributed by atoms with E-state index in [9.17, 15) is 16.8 Å². The van der Waals surface area contributed by atoms with Crippen LogP contribution in [0.3, 0.4) is 0 Å². The molecule has 0 saturated carbocycles. The third-order valence-corrected chi connectivity index (χ3v) is 8.41. The predicted octanol–water partition coefficient (Wildman–Crippen LogP) is 2.92. The molecule has 0 amide bonds. The molecule has 3 rings (SSSR count). The van der Waals surface area contributed by atoms with Crippen molar-refractivity contribution in [3.8, 4) is 11.9 Å². The SMILES string of the molecule is COc1cc(NS(=O)(=O)c2ccc(NS(=O)(=O)c3ccc(Br)s3)cc2)nc(OC)n1. The topological polar surface area (TPSA) is 137 Å². The lowest BCUT2D eigenvalue weighted by Crippen LogP contribution is -2.15. The minimum absolute atomic E-state index is 0.0493. The molecular formula is C16H15BrN4O6S3. The van der Waals surface area contributed by atoms with Crippen LogP contribution in [0.15, 0.2) is 55.4 Å². The maximum atomic E-state index is 12.6. The summed E-state index contributed by atoms with van der Waals surface area (Å²) in [5.74, 6) is 0.0660. The number of benzene rings is 1. The van der Waals surface area contributed by atoms with Crippen molar-refractivity contribution in [2.45, 2.75) is 9.10 Å². The molecular weight excluding hydrogens is 520 g/mol. The van der Waals surface area contributed by atoms with Gasteiger partial charge in [-0.15, -0.1) is 11.3 Å². The monoisotopic (exact) mass is 534 g/mol. The lowest BCUT2D eigenvalue weighted by Gasteiger charge is -2.10. The Kier molecular flexibility index (Phi) is 6.50. The molecule has 2 aromatic heterocycles. The van der Waals surface area contributed by atoms with E-state index in [1.54, 1.807) is 6.07 Å². The Balaban J connectivity index is 1.80. The molecule has 10 nitrogen and oxygen atoms in total. The van der Waals surface area contributed by atoms with Gasteiger partial charge in [-0.2, -0.15) is 9.97 Å². The number of aromatic nitrogens is 2. The van der Waals surface area contributed by atoms with E-state index in [1.165, 1.54) is 50.6 Å². The van der Waals surface area contributed by atoms with Gasteiger partial charge in [-0.3, -0.25) is 9.44 Å². The summed E-state index contributed by atoms with van der Waals surface area (Å²) in [5, 5.41) is 0. The lowest BCUT2D eigenvalue weighted by atomic mass is 10.3. The molecule has 1 aromatic carbocycles. The minimum Gasteiger partial charge on any atom is -0.481 e. The quantitative estimate of drug-likeness (QED) is 0.450. The van der Waals surface area contributed by atoms with E-state index in [-0.39, 0.29) is 32.5 Å². The largest absolute Gasteiger partial charge is 0.481 e. The van der Waals surface area contributed by atoms with Crippen molar-refractivity contribution >= 4 is 58.8 Å². The van der Waals surface area contributed by atoms with Crippen LogP contribution in [0.25, 0.3) is 0 Å². The molecule has 160 valence electrons. The van der Waals surface area contributed by atoms with Gasteiger partial charge in [0.25, 0.3) is 20.0 Å². The summed E-state index contributed by atoms with van der Waals surface area (Å²) >= 11 is 4.27. The Bertz CT molecular complexity index is 1240. The van der Waals surface area contributed by atoms with Crippen molar-refractivity contribution in [2.24, 2.45) is 0 Å². The van der Waals surface area contributed by atoms with Gasteiger partial charge in [0.2, 0.25) is 5.88 Å². The molecule has 0 bridgehead atoms. The first kappa shape index (κ1) is 22.3. The lowest BCUT2D eigenvalue weighted by molar-refractivity contribution is 0.353. The van der Waals surface area contributed by atoms with Gasteiger partial charge in [0.05, 0.1) is 22.9 Å². The smallest absolute Gasteiger partial charge is 0.321 e. The summed E-state index contributed by atoms with van der Waals surface area (Å²) in [6, 6.07) is 9.52. The van der Waals surface area contributed by atoms with Crippen molar-refractivity contribution in [1.82, 2.24) is 9.97 Å².